The van der Waals surface area contributed by atoms with E-state index in [1.807, 2.05) is 6.07 Å². The minimum atomic E-state index is -0.305. The molecule has 1 rings (SSSR count). The van der Waals surface area contributed by atoms with E-state index in [9.17, 15) is 0 Å². The zero-order valence-electron chi connectivity index (χ0n) is 6.77. The van der Waals surface area contributed by atoms with Crippen molar-refractivity contribution >= 4 is 5.96 Å². The summed E-state index contributed by atoms with van der Waals surface area (Å²) < 4.78 is 0. The van der Waals surface area contributed by atoms with Crippen LogP contribution in [0.5, 0.6) is 0 Å². The summed E-state index contributed by atoms with van der Waals surface area (Å²) in [7, 11) is 0. The topological polar surface area (TPSA) is 85.6 Å². The third-order valence-corrected chi connectivity index (χ3v) is 1.80. The van der Waals surface area contributed by atoms with Crippen molar-refractivity contribution in [3.05, 3.63) is 0 Å². The first-order chi connectivity index (χ1) is 5.74. The van der Waals surface area contributed by atoms with Gasteiger partial charge in [-0.1, -0.05) is 0 Å². The van der Waals surface area contributed by atoms with Crippen LogP contribution in [-0.2, 0) is 0 Å². The number of guanidine groups is 1. The minimum absolute atomic E-state index is 0.0818. The van der Waals surface area contributed by atoms with Crippen molar-refractivity contribution in [1.29, 1.82) is 5.26 Å². The second-order valence-electron chi connectivity index (χ2n) is 2.72. The van der Waals surface area contributed by atoms with E-state index < -0.39 is 0 Å². The minimum Gasteiger partial charge on any atom is -0.391 e. The van der Waals surface area contributed by atoms with Crippen molar-refractivity contribution in [2.24, 2.45) is 10.7 Å². The molecule has 1 aliphatic heterocycles. The van der Waals surface area contributed by atoms with E-state index in [1.165, 1.54) is 0 Å². The van der Waals surface area contributed by atoms with Crippen molar-refractivity contribution in [2.45, 2.75) is 12.5 Å². The molecule has 1 atom stereocenters. The van der Waals surface area contributed by atoms with E-state index in [1.54, 1.807) is 4.90 Å². The molecule has 1 saturated heterocycles. The molecular formula is C7H12N4O. The van der Waals surface area contributed by atoms with Gasteiger partial charge in [0.25, 0.3) is 0 Å². The quantitative estimate of drug-likeness (QED) is 0.295. The van der Waals surface area contributed by atoms with Crippen molar-refractivity contribution in [3.8, 4) is 6.07 Å². The maximum atomic E-state index is 9.16. The van der Waals surface area contributed by atoms with Crippen LogP contribution in [0.4, 0.5) is 0 Å². The van der Waals surface area contributed by atoms with Gasteiger partial charge in [0.15, 0.2) is 5.96 Å². The smallest absolute Gasteiger partial charge is 0.192 e. The van der Waals surface area contributed by atoms with Gasteiger partial charge in [0, 0.05) is 13.1 Å². The van der Waals surface area contributed by atoms with Gasteiger partial charge in [-0.3, -0.25) is 0 Å². The highest BCUT2D eigenvalue weighted by atomic mass is 16.3. The fraction of sp³-hybridized carbons (Fsp3) is 0.714. The van der Waals surface area contributed by atoms with Crippen LogP contribution >= 0.6 is 0 Å². The monoisotopic (exact) mass is 168 g/mol. The number of likely N-dealkylation sites (tertiary alicyclic amines) is 1. The molecule has 0 aliphatic carbocycles. The van der Waals surface area contributed by atoms with Gasteiger partial charge in [-0.05, 0) is 6.42 Å². The van der Waals surface area contributed by atoms with Crippen LogP contribution < -0.4 is 5.73 Å². The third kappa shape index (κ3) is 2.10. The van der Waals surface area contributed by atoms with E-state index in [0.29, 0.717) is 12.5 Å². The predicted molar refractivity (Wildman–Crippen MR) is 44.3 cm³/mol. The SMILES string of the molecule is N#CC/N=C(\N)N1CC[C@H](O)C1. The van der Waals surface area contributed by atoms with Crippen LogP contribution in [0, 0.1) is 11.3 Å². The summed E-state index contributed by atoms with van der Waals surface area (Å²) in [5.74, 6) is 0.355. The highest BCUT2D eigenvalue weighted by molar-refractivity contribution is 5.78. The summed E-state index contributed by atoms with van der Waals surface area (Å²) in [6, 6.07) is 1.88. The molecule has 5 nitrogen and oxygen atoms in total. The molecule has 0 amide bonds. The summed E-state index contributed by atoms with van der Waals surface area (Å²) in [4.78, 5) is 5.59. The van der Waals surface area contributed by atoms with Gasteiger partial charge in [0.1, 0.15) is 6.54 Å². The second-order valence-corrected chi connectivity index (χ2v) is 2.72. The lowest BCUT2D eigenvalue weighted by atomic mass is 10.3. The number of nitrogens with zero attached hydrogens (tertiary/aromatic N) is 3. The Kier molecular flexibility index (Phi) is 2.88. The highest BCUT2D eigenvalue weighted by Crippen LogP contribution is 2.07. The van der Waals surface area contributed by atoms with Crippen LogP contribution in [0.3, 0.4) is 0 Å². The van der Waals surface area contributed by atoms with E-state index in [-0.39, 0.29) is 12.6 Å². The largest absolute Gasteiger partial charge is 0.391 e. The summed E-state index contributed by atoms with van der Waals surface area (Å²) in [5.41, 5.74) is 5.54. The maximum absolute atomic E-state index is 9.16. The van der Waals surface area contributed by atoms with E-state index in [4.69, 9.17) is 16.1 Å². The van der Waals surface area contributed by atoms with Gasteiger partial charge in [-0.2, -0.15) is 5.26 Å². The molecule has 0 bridgehead atoms. The van der Waals surface area contributed by atoms with E-state index in [0.717, 1.165) is 13.0 Å². The van der Waals surface area contributed by atoms with Crippen LogP contribution in [-0.4, -0.2) is 41.7 Å². The van der Waals surface area contributed by atoms with Crippen molar-refractivity contribution in [2.75, 3.05) is 19.6 Å². The molecule has 0 aromatic rings. The van der Waals surface area contributed by atoms with Gasteiger partial charge in [-0.25, -0.2) is 4.99 Å². The fourth-order valence-electron chi connectivity index (χ4n) is 1.17. The first kappa shape index (κ1) is 8.81. The van der Waals surface area contributed by atoms with Gasteiger partial charge in [0.2, 0.25) is 0 Å². The summed E-state index contributed by atoms with van der Waals surface area (Å²) in [6.45, 7) is 1.33. The van der Waals surface area contributed by atoms with Crippen LogP contribution in [0.1, 0.15) is 6.42 Å². The van der Waals surface area contributed by atoms with Crippen LogP contribution in [0.25, 0.3) is 0 Å². The van der Waals surface area contributed by atoms with E-state index in [2.05, 4.69) is 4.99 Å². The number of β-amino-alcohol motifs (C(OH)–C–C–N with tert-alkyl or cyclic N) is 1. The Morgan fingerprint density at radius 2 is 2.58 bits per heavy atom. The molecule has 12 heavy (non-hydrogen) atoms. The predicted octanol–water partition coefficient (Wildman–Crippen LogP) is -1.11. The summed E-state index contributed by atoms with van der Waals surface area (Å²) >= 11 is 0. The molecule has 1 fully saturated rings. The highest BCUT2D eigenvalue weighted by Gasteiger charge is 2.21. The fourth-order valence-corrected chi connectivity index (χ4v) is 1.17. The molecule has 0 unspecified atom stereocenters. The van der Waals surface area contributed by atoms with Crippen molar-refractivity contribution in [1.82, 2.24) is 4.90 Å². The molecule has 0 aromatic heterocycles. The number of aliphatic hydroxyl groups excluding tert-OH is 1. The normalized spacial score (nSPS) is 24.2. The third-order valence-electron chi connectivity index (χ3n) is 1.80. The lowest BCUT2D eigenvalue weighted by Crippen LogP contribution is -2.36. The molecule has 0 spiro atoms. The molecule has 3 N–H and O–H groups in total. The Bertz CT molecular complexity index is 220. The first-order valence-electron chi connectivity index (χ1n) is 3.84. The van der Waals surface area contributed by atoms with Crippen LogP contribution in [0.15, 0.2) is 4.99 Å². The molecule has 0 aromatic carbocycles. The van der Waals surface area contributed by atoms with Crippen LogP contribution in [0.2, 0.25) is 0 Å². The summed E-state index contributed by atoms with van der Waals surface area (Å²) in [5, 5.41) is 17.4. The number of nitriles is 1. The number of rotatable bonds is 1. The number of hydrogen-bond acceptors (Lipinski definition) is 3. The number of aliphatic hydroxyl groups is 1. The number of hydrogen-bond donors (Lipinski definition) is 2. The van der Waals surface area contributed by atoms with E-state index >= 15 is 0 Å². The van der Waals surface area contributed by atoms with Crippen molar-refractivity contribution in [3.63, 3.8) is 0 Å². The Balaban J connectivity index is 2.43. The van der Waals surface area contributed by atoms with Gasteiger partial charge >= 0.3 is 0 Å². The molecule has 1 aliphatic rings. The average Bonchev–Trinajstić information content (AvgIpc) is 2.47. The molecule has 0 radical (unpaired) electrons. The Hall–Kier alpha value is -1.28. The lowest BCUT2D eigenvalue weighted by molar-refractivity contribution is 0.188. The number of nitrogens with two attached hydrogens (primary N) is 1. The molecule has 66 valence electrons. The first-order valence-corrected chi connectivity index (χ1v) is 3.84. The number of aliphatic imine (C=N–C) groups is 1. The molecule has 0 saturated carbocycles. The summed E-state index contributed by atoms with van der Waals surface area (Å²) in [6.07, 6.45) is 0.420. The van der Waals surface area contributed by atoms with Crippen molar-refractivity contribution < 1.29 is 5.11 Å². The zero-order valence-corrected chi connectivity index (χ0v) is 6.77. The van der Waals surface area contributed by atoms with Gasteiger partial charge in [-0.15, -0.1) is 0 Å². The Morgan fingerprint density at radius 1 is 1.83 bits per heavy atom. The molecule has 1 heterocycles. The zero-order chi connectivity index (χ0) is 8.97. The molecular weight excluding hydrogens is 156 g/mol. The maximum Gasteiger partial charge on any atom is 0.192 e. The molecule has 5 heteroatoms. The standard InChI is InChI=1S/C7H12N4O/c8-2-3-10-7(9)11-4-1-6(12)5-11/h6,12H,1,3-5H2,(H2,9,10)/t6-/m0/s1. The van der Waals surface area contributed by atoms with Gasteiger partial charge in [0.05, 0.1) is 12.2 Å². The Morgan fingerprint density at radius 3 is 3.08 bits per heavy atom. The second kappa shape index (κ2) is 3.93. The van der Waals surface area contributed by atoms with Gasteiger partial charge < -0.3 is 15.7 Å². The lowest BCUT2D eigenvalue weighted by Gasteiger charge is -2.15. The Labute approximate surface area is 71.1 Å². The average molecular weight is 168 g/mol.